The van der Waals surface area contributed by atoms with Gasteiger partial charge in [-0.3, -0.25) is 14.9 Å². The zero-order chi connectivity index (χ0) is 20.4. The van der Waals surface area contributed by atoms with E-state index in [0.29, 0.717) is 11.5 Å². The standard InChI is InChI=1S/C21H21N5O3/c1-3-13-4-8-15(9-5-13)22-20(28)17-12-18(27)23-21-24-19(25-26(17)21)14-6-10-16(29-2)11-7-14/h4-11,17H,3,12H2,1-2H3,(H,22,28)(H,23,24,25,27)/t17-/m0/s1. The van der Waals surface area contributed by atoms with Crippen molar-refractivity contribution in [3.05, 3.63) is 54.1 Å². The number of aryl methyl sites for hydroxylation is 1. The van der Waals surface area contributed by atoms with Gasteiger partial charge >= 0.3 is 0 Å². The van der Waals surface area contributed by atoms with Crippen LogP contribution in [-0.2, 0) is 16.0 Å². The number of fused-ring (bicyclic) bond motifs is 1. The van der Waals surface area contributed by atoms with Gasteiger partial charge in [-0.05, 0) is 48.4 Å². The van der Waals surface area contributed by atoms with Crippen LogP contribution < -0.4 is 15.4 Å². The van der Waals surface area contributed by atoms with Gasteiger partial charge in [-0.25, -0.2) is 4.68 Å². The quantitative estimate of drug-likeness (QED) is 0.697. The number of benzene rings is 2. The molecule has 1 aliphatic heterocycles. The lowest BCUT2D eigenvalue weighted by Gasteiger charge is -2.22. The molecular formula is C21H21N5O3. The van der Waals surface area contributed by atoms with Crippen LogP contribution in [0.3, 0.4) is 0 Å². The number of carbonyl (C=O) groups excluding carboxylic acids is 2. The van der Waals surface area contributed by atoms with Crippen molar-refractivity contribution in [1.82, 2.24) is 14.8 Å². The molecule has 0 fully saturated rings. The molecule has 1 atom stereocenters. The van der Waals surface area contributed by atoms with Gasteiger partial charge in [0.1, 0.15) is 11.8 Å². The molecule has 0 saturated heterocycles. The molecule has 0 bridgehead atoms. The predicted octanol–water partition coefficient (Wildman–Crippen LogP) is 3.04. The average Bonchev–Trinajstić information content (AvgIpc) is 3.17. The van der Waals surface area contributed by atoms with Crippen LogP contribution in [0.1, 0.15) is 24.9 Å². The van der Waals surface area contributed by atoms with Gasteiger partial charge in [-0.2, -0.15) is 4.98 Å². The molecule has 0 unspecified atom stereocenters. The molecule has 2 aromatic carbocycles. The Morgan fingerprint density at radius 1 is 1.21 bits per heavy atom. The summed E-state index contributed by atoms with van der Waals surface area (Å²) in [5.41, 5.74) is 2.62. The molecule has 29 heavy (non-hydrogen) atoms. The van der Waals surface area contributed by atoms with E-state index in [1.807, 2.05) is 36.4 Å². The first-order valence-corrected chi connectivity index (χ1v) is 9.38. The van der Waals surface area contributed by atoms with E-state index in [1.165, 1.54) is 10.2 Å². The number of amides is 2. The number of methoxy groups -OCH3 is 1. The van der Waals surface area contributed by atoms with Crippen molar-refractivity contribution in [1.29, 1.82) is 0 Å². The van der Waals surface area contributed by atoms with Gasteiger partial charge in [0.2, 0.25) is 17.8 Å². The number of anilines is 2. The van der Waals surface area contributed by atoms with Crippen LogP contribution in [0.4, 0.5) is 11.6 Å². The molecule has 1 aliphatic rings. The molecule has 2 N–H and O–H groups in total. The Morgan fingerprint density at radius 2 is 1.93 bits per heavy atom. The van der Waals surface area contributed by atoms with Crippen molar-refractivity contribution in [2.24, 2.45) is 0 Å². The minimum Gasteiger partial charge on any atom is -0.497 e. The fourth-order valence-corrected chi connectivity index (χ4v) is 3.18. The maximum atomic E-state index is 12.9. The summed E-state index contributed by atoms with van der Waals surface area (Å²) in [4.78, 5) is 29.4. The Morgan fingerprint density at radius 3 is 2.59 bits per heavy atom. The molecule has 4 rings (SSSR count). The SMILES string of the molecule is CCc1ccc(NC(=O)[C@@H]2CC(=O)Nc3nc(-c4ccc(OC)cc4)nn32)cc1. The van der Waals surface area contributed by atoms with E-state index in [9.17, 15) is 9.59 Å². The minimum absolute atomic E-state index is 0.00269. The van der Waals surface area contributed by atoms with E-state index in [1.54, 1.807) is 19.2 Å². The Labute approximate surface area is 167 Å². The van der Waals surface area contributed by atoms with Crippen molar-refractivity contribution in [3.63, 3.8) is 0 Å². The smallest absolute Gasteiger partial charge is 0.249 e. The summed E-state index contributed by atoms with van der Waals surface area (Å²) in [5.74, 6) is 0.824. The Kier molecular flexibility index (Phi) is 4.99. The monoisotopic (exact) mass is 391 g/mol. The van der Waals surface area contributed by atoms with Crippen molar-refractivity contribution in [2.45, 2.75) is 25.8 Å². The van der Waals surface area contributed by atoms with E-state index in [2.05, 4.69) is 27.6 Å². The number of nitrogens with one attached hydrogen (secondary N) is 2. The maximum absolute atomic E-state index is 12.9. The molecule has 2 amide bonds. The minimum atomic E-state index is -0.774. The highest BCUT2D eigenvalue weighted by atomic mass is 16.5. The number of hydrogen-bond donors (Lipinski definition) is 2. The molecule has 0 radical (unpaired) electrons. The van der Waals surface area contributed by atoms with Gasteiger partial charge in [0.25, 0.3) is 0 Å². The van der Waals surface area contributed by atoms with Crippen LogP contribution in [-0.4, -0.2) is 33.7 Å². The maximum Gasteiger partial charge on any atom is 0.249 e. The highest BCUT2D eigenvalue weighted by Crippen LogP contribution is 2.28. The lowest BCUT2D eigenvalue weighted by molar-refractivity contribution is -0.125. The zero-order valence-corrected chi connectivity index (χ0v) is 16.2. The van der Waals surface area contributed by atoms with E-state index in [-0.39, 0.29) is 24.2 Å². The number of nitrogens with zero attached hydrogens (tertiary/aromatic N) is 3. The third-order valence-electron chi connectivity index (χ3n) is 4.84. The molecule has 8 heteroatoms. The van der Waals surface area contributed by atoms with Crippen molar-refractivity contribution < 1.29 is 14.3 Å². The molecule has 0 spiro atoms. The summed E-state index contributed by atoms with van der Waals surface area (Å²) in [6, 6.07) is 14.1. The first-order valence-electron chi connectivity index (χ1n) is 9.38. The number of carbonyl (C=O) groups is 2. The van der Waals surface area contributed by atoms with Gasteiger partial charge in [0.05, 0.1) is 13.5 Å². The van der Waals surface area contributed by atoms with Crippen molar-refractivity contribution >= 4 is 23.5 Å². The molecule has 2 heterocycles. The van der Waals surface area contributed by atoms with Crippen LogP contribution in [0.5, 0.6) is 5.75 Å². The lowest BCUT2D eigenvalue weighted by atomic mass is 10.1. The summed E-state index contributed by atoms with van der Waals surface area (Å²) >= 11 is 0. The molecule has 0 aliphatic carbocycles. The topological polar surface area (TPSA) is 98.1 Å². The number of ether oxygens (including phenoxy) is 1. The Balaban J connectivity index is 1.59. The van der Waals surface area contributed by atoms with Gasteiger partial charge in [-0.15, -0.1) is 5.10 Å². The fraction of sp³-hybridized carbons (Fsp3) is 0.238. The highest BCUT2D eigenvalue weighted by Gasteiger charge is 2.33. The molecular weight excluding hydrogens is 370 g/mol. The number of hydrogen-bond acceptors (Lipinski definition) is 5. The van der Waals surface area contributed by atoms with Gasteiger partial charge in [0, 0.05) is 11.3 Å². The summed E-state index contributed by atoms with van der Waals surface area (Å²) in [6.45, 7) is 2.07. The van der Waals surface area contributed by atoms with Crippen LogP contribution in [0.2, 0.25) is 0 Å². The third-order valence-corrected chi connectivity index (χ3v) is 4.84. The summed E-state index contributed by atoms with van der Waals surface area (Å²) in [6.07, 6.45) is 0.921. The van der Waals surface area contributed by atoms with Gasteiger partial charge in [0.15, 0.2) is 5.82 Å². The second-order valence-electron chi connectivity index (χ2n) is 6.74. The number of rotatable bonds is 5. The van der Waals surface area contributed by atoms with Crippen LogP contribution in [0.25, 0.3) is 11.4 Å². The largest absolute Gasteiger partial charge is 0.497 e. The van der Waals surface area contributed by atoms with Gasteiger partial charge < -0.3 is 10.1 Å². The highest BCUT2D eigenvalue weighted by molar-refractivity contribution is 6.00. The third kappa shape index (κ3) is 3.82. The Hall–Kier alpha value is -3.68. The zero-order valence-electron chi connectivity index (χ0n) is 16.2. The molecule has 1 aromatic heterocycles. The number of aromatic nitrogens is 3. The van der Waals surface area contributed by atoms with E-state index in [4.69, 9.17) is 4.74 Å². The second kappa shape index (κ2) is 7.75. The van der Waals surface area contributed by atoms with E-state index in [0.717, 1.165) is 17.7 Å². The predicted molar refractivity (Wildman–Crippen MR) is 109 cm³/mol. The van der Waals surface area contributed by atoms with Gasteiger partial charge in [-0.1, -0.05) is 19.1 Å². The Bertz CT molecular complexity index is 1040. The molecule has 8 nitrogen and oxygen atoms in total. The first kappa shape index (κ1) is 18.7. The summed E-state index contributed by atoms with van der Waals surface area (Å²) in [7, 11) is 1.59. The molecule has 148 valence electrons. The molecule has 0 saturated carbocycles. The van der Waals surface area contributed by atoms with E-state index < -0.39 is 6.04 Å². The normalized spacial score (nSPS) is 15.4. The van der Waals surface area contributed by atoms with Crippen molar-refractivity contribution in [3.8, 4) is 17.1 Å². The first-order chi connectivity index (χ1) is 14.1. The van der Waals surface area contributed by atoms with Crippen LogP contribution in [0.15, 0.2) is 48.5 Å². The van der Waals surface area contributed by atoms with Crippen LogP contribution >= 0.6 is 0 Å². The van der Waals surface area contributed by atoms with Crippen molar-refractivity contribution in [2.75, 3.05) is 17.7 Å². The summed E-state index contributed by atoms with van der Waals surface area (Å²) < 4.78 is 6.63. The summed E-state index contributed by atoms with van der Waals surface area (Å²) in [5, 5.41) is 10.0. The fourth-order valence-electron chi connectivity index (χ4n) is 3.18. The second-order valence-corrected chi connectivity index (χ2v) is 6.74. The van der Waals surface area contributed by atoms with E-state index >= 15 is 0 Å². The lowest BCUT2D eigenvalue weighted by Crippen LogP contribution is -2.36. The molecule has 3 aromatic rings. The average molecular weight is 391 g/mol. The van der Waals surface area contributed by atoms with Crippen LogP contribution in [0, 0.1) is 0 Å².